The van der Waals surface area contributed by atoms with Crippen molar-refractivity contribution in [3.05, 3.63) is 70.6 Å². The summed E-state index contributed by atoms with van der Waals surface area (Å²) in [7, 11) is 0. The molecule has 2 aliphatic heterocycles. The smallest absolute Gasteiger partial charge is 0.256 e. The predicted octanol–water partition coefficient (Wildman–Crippen LogP) is 5.01. The van der Waals surface area contributed by atoms with Gasteiger partial charge in [0.25, 0.3) is 5.91 Å². The van der Waals surface area contributed by atoms with E-state index in [1.54, 1.807) is 0 Å². The van der Waals surface area contributed by atoms with Crippen LogP contribution in [-0.4, -0.2) is 36.7 Å². The molecule has 1 aromatic carbocycles. The number of carbonyl (C=O) groups excluding carboxylic acids is 1. The van der Waals surface area contributed by atoms with Crippen molar-refractivity contribution in [2.45, 2.75) is 77.9 Å². The fraction of sp³-hybridized carbons (Fsp3) is 0.500. The van der Waals surface area contributed by atoms with Gasteiger partial charge in [-0.3, -0.25) is 4.79 Å². The predicted molar refractivity (Wildman–Crippen MR) is 125 cm³/mol. The molecule has 4 heterocycles. The quantitative estimate of drug-likeness (QED) is 0.583. The third kappa shape index (κ3) is 3.55. The van der Waals surface area contributed by atoms with Crippen LogP contribution < -0.4 is 0 Å². The molecule has 1 fully saturated rings. The average molecular weight is 432 g/mol. The maximum atomic E-state index is 13.8. The highest BCUT2D eigenvalue weighted by Gasteiger charge is 2.36. The van der Waals surface area contributed by atoms with E-state index in [-0.39, 0.29) is 18.0 Å². The van der Waals surface area contributed by atoms with Crippen LogP contribution in [0.15, 0.2) is 36.4 Å². The molecule has 2 aromatic heterocycles. The van der Waals surface area contributed by atoms with Gasteiger partial charge in [-0.05, 0) is 58.1 Å². The zero-order valence-electron chi connectivity index (χ0n) is 19.4. The second-order valence-electron chi connectivity index (χ2n) is 9.33. The maximum Gasteiger partial charge on any atom is 0.256 e. The number of hydrogen-bond acceptors (Lipinski definition) is 3. The molecule has 5 rings (SSSR count). The third-order valence-electron chi connectivity index (χ3n) is 7.33. The molecule has 2 aliphatic rings. The molecular formula is C26H33N5O. The number of aryl methyl sites for hydroxylation is 2. The van der Waals surface area contributed by atoms with Gasteiger partial charge < -0.3 is 14.0 Å². The number of likely N-dealkylation sites (tertiary alicyclic amines) is 1. The van der Waals surface area contributed by atoms with Crippen LogP contribution in [-0.2, 0) is 13.0 Å². The summed E-state index contributed by atoms with van der Waals surface area (Å²) in [4.78, 5) is 15.8. The molecule has 32 heavy (non-hydrogen) atoms. The van der Waals surface area contributed by atoms with Crippen molar-refractivity contribution in [3.63, 3.8) is 0 Å². The molecule has 0 saturated carbocycles. The van der Waals surface area contributed by atoms with Crippen molar-refractivity contribution in [1.29, 1.82) is 0 Å². The molecule has 168 valence electrons. The summed E-state index contributed by atoms with van der Waals surface area (Å²) in [5.41, 5.74) is 4.22. The van der Waals surface area contributed by atoms with Crippen molar-refractivity contribution in [2.24, 2.45) is 0 Å². The summed E-state index contributed by atoms with van der Waals surface area (Å²) >= 11 is 0. The van der Waals surface area contributed by atoms with Crippen LogP contribution in [0.4, 0.5) is 0 Å². The lowest BCUT2D eigenvalue weighted by Crippen LogP contribution is -2.32. The number of benzene rings is 1. The molecule has 0 spiro atoms. The van der Waals surface area contributed by atoms with E-state index in [1.165, 1.54) is 18.4 Å². The highest BCUT2D eigenvalue weighted by molar-refractivity contribution is 5.96. The summed E-state index contributed by atoms with van der Waals surface area (Å²) in [5.74, 6) is 2.20. The number of nitrogens with zero attached hydrogens (tertiary/aromatic N) is 5. The van der Waals surface area contributed by atoms with E-state index in [2.05, 4.69) is 70.4 Å². The van der Waals surface area contributed by atoms with Crippen molar-refractivity contribution in [3.8, 4) is 0 Å². The number of carbonyl (C=O) groups is 1. The first-order chi connectivity index (χ1) is 15.6. The van der Waals surface area contributed by atoms with Gasteiger partial charge >= 0.3 is 0 Å². The van der Waals surface area contributed by atoms with Gasteiger partial charge in [-0.25, -0.2) is 0 Å². The molecule has 3 aromatic rings. The first-order valence-electron chi connectivity index (χ1n) is 12.0. The number of fused-ring (bicyclic) bond motifs is 1. The minimum atomic E-state index is 0.0245. The Balaban J connectivity index is 1.45. The summed E-state index contributed by atoms with van der Waals surface area (Å²) in [6, 6.07) is 12.8. The van der Waals surface area contributed by atoms with E-state index in [4.69, 9.17) is 0 Å². The van der Waals surface area contributed by atoms with E-state index >= 15 is 0 Å². The Kier molecular flexibility index (Phi) is 5.62. The molecule has 0 N–H and O–H groups in total. The highest BCUT2D eigenvalue weighted by Crippen LogP contribution is 2.35. The zero-order chi connectivity index (χ0) is 22.2. The highest BCUT2D eigenvalue weighted by atomic mass is 16.2. The molecule has 2 unspecified atom stereocenters. The van der Waals surface area contributed by atoms with Gasteiger partial charge in [0.15, 0.2) is 5.82 Å². The Hall–Kier alpha value is -2.89. The van der Waals surface area contributed by atoms with Gasteiger partial charge in [0.2, 0.25) is 0 Å². The first kappa shape index (κ1) is 21.0. The molecule has 1 amide bonds. The summed E-state index contributed by atoms with van der Waals surface area (Å²) in [6.07, 6.45) is 6.54. The average Bonchev–Trinajstić information content (AvgIpc) is 3.46. The van der Waals surface area contributed by atoms with Crippen LogP contribution in [0.25, 0.3) is 0 Å². The van der Waals surface area contributed by atoms with Gasteiger partial charge in [-0.15, -0.1) is 10.2 Å². The third-order valence-corrected chi connectivity index (χ3v) is 7.33. The number of rotatable bonds is 4. The molecule has 2 atom stereocenters. The van der Waals surface area contributed by atoms with Crippen LogP contribution in [0.3, 0.4) is 0 Å². The monoisotopic (exact) mass is 431 g/mol. The molecule has 0 radical (unpaired) electrons. The molecular weight excluding hydrogens is 398 g/mol. The standard InChI is InChI=1S/C26H33N5O/c1-18-17-22(20(3)31(18)19(2)21-11-6-4-7-12-21)26(32)29-16-10-13-23(29)25-28-27-24-14-8-5-9-15-30(24)25/h4,6-7,11-12,17,19,23H,5,8-10,13-16H2,1-3H3. The Labute approximate surface area is 190 Å². The molecule has 0 bridgehead atoms. The Morgan fingerprint density at radius 1 is 1.03 bits per heavy atom. The number of aromatic nitrogens is 4. The van der Waals surface area contributed by atoms with Crippen molar-refractivity contribution < 1.29 is 4.79 Å². The van der Waals surface area contributed by atoms with Crippen LogP contribution in [0.1, 0.15) is 90.1 Å². The van der Waals surface area contributed by atoms with Gasteiger partial charge in [0.05, 0.1) is 17.6 Å². The topological polar surface area (TPSA) is 56.0 Å². The lowest BCUT2D eigenvalue weighted by atomic mass is 10.1. The lowest BCUT2D eigenvalue weighted by molar-refractivity contribution is 0.0726. The lowest BCUT2D eigenvalue weighted by Gasteiger charge is -2.25. The summed E-state index contributed by atoms with van der Waals surface area (Å²) in [6.45, 7) is 8.13. The van der Waals surface area contributed by atoms with E-state index in [0.717, 1.165) is 67.4 Å². The first-order valence-corrected chi connectivity index (χ1v) is 12.0. The van der Waals surface area contributed by atoms with Gasteiger partial charge in [-0.2, -0.15) is 0 Å². The van der Waals surface area contributed by atoms with E-state index < -0.39 is 0 Å². The summed E-state index contributed by atoms with van der Waals surface area (Å²) in [5, 5.41) is 9.07. The van der Waals surface area contributed by atoms with Gasteiger partial charge in [0, 0.05) is 30.9 Å². The molecule has 6 nitrogen and oxygen atoms in total. The van der Waals surface area contributed by atoms with Crippen molar-refractivity contribution in [2.75, 3.05) is 6.54 Å². The van der Waals surface area contributed by atoms with E-state index in [9.17, 15) is 4.79 Å². The minimum Gasteiger partial charge on any atom is -0.341 e. The second-order valence-corrected chi connectivity index (χ2v) is 9.33. The normalized spacial score (nSPS) is 19.6. The fourth-order valence-corrected chi connectivity index (χ4v) is 5.66. The van der Waals surface area contributed by atoms with Crippen LogP contribution >= 0.6 is 0 Å². The van der Waals surface area contributed by atoms with Gasteiger partial charge in [0.1, 0.15) is 5.82 Å². The van der Waals surface area contributed by atoms with E-state index in [0.29, 0.717) is 0 Å². The second kappa shape index (κ2) is 8.57. The maximum absolute atomic E-state index is 13.8. The number of hydrogen-bond donors (Lipinski definition) is 0. The van der Waals surface area contributed by atoms with Gasteiger partial charge in [-0.1, -0.05) is 36.8 Å². The molecule has 6 heteroatoms. The minimum absolute atomic E-state index is 0.0245. The van der Waals surface area contributed by atoms with Crippen LogP contribution in [0, 0.1) is 13.8 Å². The Morgan fingerprint density at radius 3 is 2.66 bits per heavy atom. The van der Waals surface area contributed by atoms with Crippen molar-refractivity contribution in [1.82, 2.24) is 24.2 Å². The Bertz CT molecular complexity index is 1110. The van der Waals surface area contributed by atoms with Crippen molar-refractivity contribution >= 4 is 5.91 Å². The molecule has 1 saturated heterocycles. The fourth-order valence-electron chi connectivity index (χ4n) is 5.66. The SMILES string of the molecule is Cc1cc(C(=O)N2CCCC2c2nnc3n2CCCCC3)c(C)n1C(C)c1ccccc1. The molecule has 0 aliphatic carbocycles. The summed E-state index contributed by atoms with van der Waals surface area (Å²) < 4.78 is 4.58. The van der Waals surface area contributed by atoms with Crippen LogP contribution in [0.2, 0.25) is 0 Å². The van der Waals surface area contributed by atoms with Crippen LogP contribution in [0.5, 0.6) is 0 Å². The largest absolute Gasteiger partial charge is 0.341 e. The number of amides is 1. The Morgan fingerprint density at radius 2 is 1.84 bits per heavy atom. The zero-order valence-corrected chi connectivity index (χ0v) is 19.4. The van der Waals surface area contributed by atoms with E-state index in [1.807, 2.05) is 11.0 Å².